The van der Waals surface area contributed by atoms with E-state index in [1.165, 1.54) is 7.11 Å². The number of benzene rings is 1. The highest BCUT2D eigenvalue weighted by molar-refractivity contribution is 5.90. The van der Waals surface area contributed by atoms with Crippen molar-refractivity contribution in [1.82, 2.24) is 0 Å². The Morgan fingerprint density at radius 3 is 2.63 bits per heavy atom. The Balaban J connectivity index is 2.16. The van der Waals surface area contributed by atoms with Gasteiger partial charge in [0.25, 0.3) is 0 Å². The number of carbonyl (C=O) groups is 2. The molecule has 5 heteroatoms. The van der Waals surface area contributed by atoms with Gasteiger partial charge in [-0.05, 0) is 24.6 Å². The molecule has 0 saturated carbocycles. The predicted molar refractivity (Wildman–Crippen MR) is 71.9 cm³/mol. The number of amides is 1. The van der Waals surface area contributed by atoms with Gasteiger partial charge in [-0.25, -0.2) is 0 Å². The molecule has 0 atom stereocenters. The number of anilines is 1. The van der Waals surface area contributed by atoms with Crippen LogP contribution in [0.15, 0.2) is 24.3 Å². The second-order valence-corrected chi connectivity index (χ2v) is 4.11. The van der Waals surface area contributed by atoms with Gasteiger partial charge in [-0.2, -0.15) is 0 Å². The van der Waals surface area contributed by atoms with Gasteiger partial charge in [-0.3, -0.25) is 9.59 Å². The van der Waals surface area contributed by atoms with E-state index in [2.05, 4.69) is 10.1 Å². The molecule has 0 radical (unpaired) electrons. The van der Waals surface area contributed by atoms with Gasteiger partial charge >= 0.3 is 5.97 Å². The van der Waals surface area contributed by atoms with Crippen LogP contribution in [0, 0.1) is 6.92 Å². The average molecular weight is 265 g/mol. The van der Waals surface area contributed by atoms with E-state index >= 15 is 0 Å². The molecule has 0 heterocycles. The number of aryl methyl sites for hydroxylation is 1. The van der Waals surface area contributed by atoms with Gasteiger partial charge in [0.15, 0.2) is 0 Å². The molecule has 0 spiro atoms. The van der Waals surface area contributed by atoms with Crippen LogP contribution in [0.25, 0.3) is 0 Å². The molecule has 0 fully saturated rings. The summed E-state index contributed by atoms with van der Waals surface area (Å²) >= 11 is 0. The van der Waals surface area contributed by atoms with Crippen molar-refractivity contribution < 1.29 is 19.1 Å². The van der Waals surface area contributed by atoms with E-state index < -0.39 is 0 Å². The van der Waals surface area contributed by atoms with Gasteiger partial charge in [0.05, 0.1) is 33.2 Å². The first kappa shape index (κ1) is 15.2. The molecule has 0 saturated heterocycles. The molecule has 1 aromatic carbocycles. The van der Waals surface area contributed by atoms with E-state index in [0.29, 0.717) is 0 Å². The van der Waals surface area contributed by atoms with E-state index in [0.717, 1.165) is 11.3 Å². The zero-order chi connectivity index (χ0) is 14.1. The summed E-state index contributed by atoms with van der Waals surface area (Å²) < 4.78 is 9.65. The lowest BCUT2D eigenvalue weighted by atomic mass is 10.2. The van der Waals surface area contributed by atoms with Crippen molar-refractivity contribution in [3.05, 3.63) is 29.8 Å². The second kappa shape index (κ2) is 8.26. The molecule has 0 bridgehead atoms. The number of carbonyl (C=O) groups excluding carboxylic acids is 2. The minimum absolute atomic E-state index is 0.108. The minimum atomic E-state index is -0.316. The Hall–Kier alpha value is -1.88. The van der Waals surface area contributed by atoms with Crippen LogP contribution < -0.4 is 5.32 Å². The Kier molecular flexibility index (Phi) is 6.60. The van der Waals surface area contributed by atoms with Crippen molar-refractivity contribution >= 4 is 17.6 Å². The summed E-state index contributed by atoms with van der Waals surface area (Å²) in [4.78, 5) is 22.4. The molecule has 19 heavy (non-hydrogen) atoms. The number of nitrogens with one attached hydrogen (secondary N) is 1. The Morgan fingerprint density at radius 2 is 1.95 bits per heavy atom. The quantitative estimate of drug-likeness (QED) is 0.604. The van der Waals surface area contributed by atoms with Crippen molar-refractivity contribution in [2.75, 3.05) is 25.6 Å². The topological polar surface area (TPSA) is 64.6 Å². The number of hydrogen-bond acceptors (Lipinski definition) is 4. The van der Waals surface area contributed by atoms with Crippen molar-refractivity contribution in [1.29, 1.82) is 0 Å². The van der Waals surface area contributed by atoms with Crippen LogP contribution >= 0.6 is 0 Å². The van der Waals surface area contributed by atoms with Crippen LogP contribution in [-0.2, 0) is 19.1 Å². The zero-order valence-electron chi connectivity index (χ0n) is 11.3. The molecule has 0 aromatic heterocycles. The zero-order valence-corrected chi connectivity index (χ0v) is 11.3. The number of rotatable bonds is 7. The molecule has 104 valence electrons. The molecule has 1 amide bonds. The van der Waals surface area contributed by atoms with Gasteiger partial charge in [-0.15, -0.1) is 0 Å². The highest BCUT2D eigenvalue weighted by Crippen LogP contribution is 2.09. The lowest BCUT2D eigenvalue weighted by molar-refractivity contribution is -0.141. The number of ether oxygens (including phenoxy) is 2. The van der Waals surface area contributed by atoms with Gasteiger partial charge in [0, 0.05) is 5.69 Å². The van der Waals surface area contributed by atoms with Crippen molar-refractivity contribution in [3.8, 4) is 0 Å². The van der Waals surface area contributed by atoms with Crippen LogP contribution in [0.5, 0.6) is 0 Å². The third kappa shape index (κ3) is 6.57. The minimum Gasteiger partial charge on any atom is -0.469 e. The van der Waals surface area contributed by atoms with Gasteiger partial charge < -0.3 is 14.8 Å². The molecule has 0 aliphatic rings. The van der Waals surface area contributed by atoms with Crippen molar-refractivity contribution in [2.24, 2.45) is 0 Å². The molecular formula is C14H19NO4. The fourth-order valence-electron chi connectivity index (χ4n) is 1.47. The van der Waals surface area contributed by atoms with Gasteiger partial charge in [-0.1, -0.05) is 12.1 Å². The summed E-state index contributed by atoms with van der Waals surface area (Å²) in [6, 6.07) is 7.59. The first-order chi connectivity index (χ1) is 9.11. The molecule has 0 aliphatic carbocycles. The Morgan fingerprint density at radius 1 is 1.21 bits per heavy atom. The molecule has 1 rings (SSSR count). The van der Waals surface area contributed by atoms with Gasteiger partial charge in [0.1, 0.15) is 0 Å². The largest absolute Gasteiger partial charge is 0.469 e. The Bertz CT molecular complexity index is 431. The average Bonchev–Trinajstić information content (AvgIpc) is 2.38. The maximum atomic E-state index is 11.6. The highest BCUT2D eigenvalue weighted by Gasteiger charge is 2.03. The number of esters is 1. The van der Waals surface area contributed by atoms with E-state index in [-0.39, 0.29) is 37.9 Å². The maximum Gasteiger partial charge on any atom is 0.307 e. The van der Waals surface area contributed by atoms with Crippen LogP contribution in [0.4, 0.5) is 5.69 Å². The molecule has 0 unspecified atom stereocenters. The lowest BCUT2D eigenvalue weighted by Gasteiger charge is -2.06. The normalized spacial score (nSPS) is 10.0. The van der Waals surface area contributed by atoms with Crippen LogP contribution in [0.3, 0.4) is 0 Å². The summed E-state index contributed by atoms with van der Waals surface area (Å²) in [5.74, 6) is -0.423. The molecule has 1 N–H and O–H groups in total. The summed E-state index contributed by atoms with van der Waals surface area (Å²) in [6.07, 6.45) is 0.463. The van der Waals surface area contributed by atoms with E-state index in [4.69, 9.17) is 4.74 Å². The van der Waals surface area contributed by atoms with Crippen LogP contribution in [0.1, 0.15) is 18.4 Å². The SMILES string of the molecule is COC(=O)CCOCCC(=O)Nc1cccc(C)c1. The molecular weight excluding hydrogens is 246 g/mol. The summed E-state index contributed by atoms with van der Waals surface area (Å²) in [5.41, 5.74) is 1.87. The van der Waals surface area contributed by atoms with Crippen molar-refractivity contribution in [2.45, 2.75) is 19.8 Å². The van der Waals surface area contributed by atoms with Crippen LogP contribution in [0.2, 0.25) is 0 Å². The molecule has 1 aromatic rings. The number of hydrogen-bond donors (Lipinski definition) is 1. The first-order valence-electron chi connectivity index (χ1n) is 6.13. The summed E-state index contributed by atoms with van der Waals surface area (Å²) in [6.45, 7) is 2.52. The van der Waals surface area contributed by atoms with E-state index in [9.17, 15) is 9.59 Å². The summed E-state index contributed by atoms with van der Waals surface area (Å²) in [5, 5.41) is 2.78. The predicted octanol–water partition coefficient (Wildman–Crippen LogP) is 1.90. The maximum absolute atomic E-state index is 11.6. The third-order valence-corrected chi connectivity index (χ3v) is 2.45. The van der Waals surface area contributed by atoms with E-state index in [1.807, 2.05) is 31.2 Å². The Labute approximate surface area is 112 Å². The fourth-order valence-corrected chi connectivity index (χ4v) is 1.47. The fraction of sp³-hybridized carbons (Fsp3) is 0.429. The number of methoxy groups -OCH3 is 1. The molecule has 0 aliphatic heterocycles. The monoisotopic (exact) mass is 265 g/mol. The lowest BCUT2D eigenvalue weighted by Crippen LogP contribution is -2.15. The molecule has 5 nitrogen and oxygen atoms in total. The van der Waals surface area contributed by atoms with Crippen molar-refractivity contribution in [3.63, 3.8) is 0 Å². The highest BCUT2D eigenvalue weighted by atomic mass is 16.5. The van der Waals surface area contributed by atoms with E-state index in [1.54, 1.807) is 0 Å². The third-order valence-electron chi connectivity index (χ3n) is 2.45. The smallest absolute Gasteiger partial charge is 0.307 e. The summed E-state index contributed by atoms with van der Waals surface area (Å²) in [7, 11) is 1.33. The first-order valence-corrected chi connectivity index (χ1v) is 6.13. The second-order valence-electron chi connectivity index (χ2n) is 4.11. The van der Waals surface area contributed by atoms with Crippen LogP contribution in [-0.4, -0.2) is 32.2 Å². The standard InChI is InChI=1S/C14H19NO4/c1-11-4-3-5-12(10-11)15-13(16)6-8-19-9-7-14(17)18-2/h3-5,10H,6-9H2,1-2H3,(H,15,16). The van der Waals surface area contributed by atoms with Gasteiger partial charge in [0.2, 0.25) is 5.91 Å².